The summed E-state index contributed by atoms with van der Waals surface area (Å²) in [4.78, 5) is 11.3. The van der Waals surface area contributed by atoms with Gasteiger partial charge in [-0.05, 0) is 43.9 Å². The molecule has 0 N–H and O–H groups in total. The smallest absolute Gasteiger partial charge is 0.132 e. The van der Waals surface area contributed by atoms with Gasteiger partial charge in [0.05, 0.1) is 0 Å². The molecule has 0 radical (unpaired) electrons. The molecule has 0 spiro atoms. The van der Waals surface area contributed by atoms with Crippen molar-refractivity contribution in [2.24, 2.45) is 23.7 Å². The van der Waals surface area contributed by atoms with Crippen molar-refractivity contribution in [1.29, 1.82) is 0 Å². The van der Waals surface area contributed by atoms with E-state index < -0.39 is 0 Å². The molecule has 3 unspecified atom stereocenters. The van der Waals surface area contributed by atoms with Crippen LogP contribution in [0.15, 0.2) is 0 Å². The van der Waals surface area contributed by atoms with E-state index in [2.05, 4.69) is 20.8 Å². The second kappa shape index (κ2) is 4.26. The van der Waals surface area contributed by atoms with Gasteiger partial charge in [0.15, 0.2) is 0 Å². The van der Waals surface area contributed by atoms with E-state index in [1.807, 2.05) is 0 Å². The topological polar surface area (TPSA) is 17.1 Å². The first-order valence-corrected chi connectivity index (χ1v) is 5.51. The minimum Gasteiger partial charge on any atom is -0.300 e. The van der Waals surface area contributed by atoms with Crippen LogP contribution in [0.5, 0.6) is 0 Å². The molecule has 13 heavy (non-hydrogen) atoms. The van der Waals surface area contributed by atoms with E-state index in [1.54, 1.807) is 6.92 Å². The van der Waals surface area contributed by atoms with Gasteiger partial charge in [0.1, 0.15) is 5.78 Å². The summed E-state index contributed by atoms with van der Waals surface area (Å²) in [5.74, 6) is 2.93. The first kappa shape index (κ1) is 10.7. The third-order valence-corrected chi connectivity index (χ3v) is 3.56. The summed E-state index contributed by atoms with van der Waals surface area (Å²) in [6, 6.07) is 0. The molecular weight excluding hydrogens is 160 g/mol. The highest BCUT2D eigenvalue weighted by Crippen LogP contribution is 2.36. The Kier molecular flexibility index (Phi) is 3.52. The fraction of sp³-hybridized carbons (Fsp3) is 0.917. The Balaban J connectivity index is 2.54. The van der Waals surface area contributed by atoms with E-state index in [4.69, 9.17) is 0 Å². The molecule has 3 atom stereocenters. The number of Topliss-reactive ketones (excluding diaryl/α,β-unsaturated/α-hetero) is 1. The van der Waals surface area contributed by atoms with Crippen molar-refractivity contribution in [1.82, 2.24) is 0 Å². The van der Waals surface area contributed by atoms with Gasteiger partial charge in [0.2, 0.25) is 0 Å². The minimum absolute atomic E-state index is 0.283. The molecule has 1 nitrogen and oxygen atoms in total. The highest BCUT2D eigenvalue weighted by Gasteiger charge is 2.29. The molecular formula is C12H22O. The number of hydrogen-bond acceptors (Lipinski definition) is 1. The zero-order valence-corrected chi connectivity index (χ0v) is 9.34. The Morgan fingerprint density at radius 1 is 1.15 bits per heavy atom. The lowest BCUT2D eigenvalue weighted by molar-refractivity contribution is -0.122. The van der Waals surface area contributed by atoms with Gasteiger partial charge in [0, 0.05) is 5.92 Å². The Bertz CT molecular complexity index is 176. The number of carbonyl (C=O) groups excluding carboxylic acids is 1. The van der Waals surface area contributed by atoms with E-state index in [-0.39, 0.29) is 5.92 Å². The van der Waals surface area contributed by atoms with Crippen LogP contribution in [0, 0.1) is 23.7 Å². The van der Waals surface area contributed by atoms with Crippen molar-refractivity contribution in [3.8, 4) is 0 Å². The second-order valence-corrected chi connectivity index (χ2v) is 5.08. The molecule has 1 rings (SSSR count). The van der Waals surface area contributed by atoms with Gasteiger partial charge < -0.3 is 0 Å². The molecule has 0 aromatic heterocycles. The van der Waals surface area contributed by atoms with Crippen molar-refractivity contribution >= 4 is 5.78 Å². The third-order valence-electron chi connectivity index (χ3n) is 3.56. The molecule has 0 bridgehead atoms. The van der Waals surface area contributed by atoms with Crippen molar-refractivity contribution in [2.75, 3.05) is 0 Å². The fourth-order valence-corrected chi connectivity index (χ4v) is 2.75. The Morgan fingerprint density at radius 3 is 2.00 bits per heavy atom. The van der Waals surface area contributed by atoms with Gasteiger partial charge >= 0.3 is 0 Å². The summed E-state index contributed by atoms with van der Waals surface area (Å²) in [7, 11) is 0. The SMILES string of the molecule is CC(=O)C(C)C1CC(C)CC(C)C1. The molecule has 0 amide bonds. The molecule has 1 fully saturated rings. The molecule has 0 aromatic carbocycles. The predicted octanol–water partition coefficient (Wildman–Crippen LogP) is 3.28. The van der Waals surface area contributed by atoms with Gasteiger partial charge in [-0.3, -0.25) is 4.79 Å². The van der Waals surface area contributed by atoms with E-state index in [0.29, 0.717) is 11.7 Å². The first-order chi connectivity index (χ1) is 6.00. The van der Waals surface area contributed by atoms with Crippen molar-refractivity contribution in [2.45, 2.75) is 47.0 Å². The van der Waals surface area contributed by atoms with Gasteiger partial charge in [-0.25, -0.2) is 0 Å². The van der Waals surface area contributed by atoms with Crippen LogP contribution in [-0.4, -0.2) is 5.78 Å². The predicted molar refractivity (Wildman–Crippen MR) is 55.5 cm³/mol. The second-order valence-electron chi connectivity index (χ2n) is 5.08. The summed E-state index contributed by atoms with van der Waals surface area (Å²) >= 11 is 0. The maximum Gasteiger partial charge on any atom is 0.132 e. The normalized spacial score (nSPS) is 37.1. The lowest BCUT2D eigenvalue weighted by Gasteiger charge is -2.34. The molecule has 1 aliphatic carbocycles. The van der Waals surface area contributed by atoms with Crippen molar-refractivity contribution in [3.05, 3.63) is 0 Å². The van der Waals surface area contributed by atoms with Crippen LogP contribution >= 0.6 is 0 Å². The Morgan fingerprint density at radius 2 is 1.62 bits per heavy atom. The van der Waals surface area contributed by atoms with Gasteiger partial charge in [0.25, 0.3) is 0 Å². The highest BCUT2D eigenvalue weighted by atomic mass is 16.1. The standard InChI is InChI=1S/C12H22O/c1-8-5-9(2)7-12(6-8)10(3)11(4)13/h8-10,12H,5-7H2,1-4H3. The van der Waals surface area contributed by atoms with Crippen molar-refractivity contribution < 1.29 is 4.79 Å². The molecule has 1 saturated carbocycles. The van der Waals surface area contributed by atoms with E-state index in [1.165, 1.54) is 19.3 Å². The molecule has 0 saturated heterocycles. The van der Waals surface area contributed by atoms with Crippen LogP contribution < -0.4 is 0 Å². The van der Waals surface area contributed by atoms with Crippen LogP contribution in [-0.2, 0) is 4.79 Å². The zero-order chi connectivity index (χ0) is 10.0. The number of carbonyl (C=O) groups is 1. The van der Waals surface area contributed by atoms with Gasteiger partial charge in [-0.1, -0.05) is 20.8 Å². The summed E-state index contributed by atoms with van der Waals surface area (Å²) in [5, 5.41) is 0. The lowest BCUT2D eigenvalue weighted by atomic mass is 9.71. The molecule has 1 heteroatoms. The highest BCUT2D eigenvalue weighted by molar-refractivity contribution is 5.78. The minimum atomic E-state index is 0.283. The first-order valence-electron chi connectivity index (χ1n) is 5.51. The largest absolute Gasteiger partial charge is 0.300 e. The van der Waals surface area contributed by atoms with Crippen LogP contribution in [0.1, 0.15) is 47.0 Å². The summed E-state index contributed by atoms with van der Waals surface area (Å²) in [5.41, 5.74) is 0. The quantitative estimate of drug-likeness (QED) is 0.640. The molecule has 1 aliphatic rings. The van der Waals surface area contributed by atoms with Crippen molar-refractivity contribution in [3.63, 3.8) is 0 Å². The van der Waals surface area contributed by atoms with Crippen LogP contribution in [0.2, 0.25) is 0 Å². The maximum atomic E-state index is 11.3. The molecule has 76 valence electrons. The summed E-state index contributed by atoms with van der Waals surface area (Å²) in [6.07, 6.45) is 3.86. The van der Waals surface area contributed by atoms with Gasteiger partial charge in [-0.2, -0.15) is 0 Å². The zero-order valence-electron chi connectivity index (χ0n) is 9.34. The Hall–Kier alpha value is -0.330. The number of rotatable bonds is 2. The number of ketones is 1. The van der Waals surface area contributed by atoms with Gasteiger partial charge in [-0.15, -0.1) is 0 Å². The average Bonchev–Trinajstić information content (AvgIpc) is 2.01. The van der Waals surface area contributed by atoms with E-state index in [9.17, 15) is 4.79 Å². The summed E-state index contributed by atoms with van der Waals surface area (Å²) < 4.78 is 0. The average molecular weight is 182 g/mol. The van der Waals surface area contributed by atoms with E-state index >= 15 is 0 Å². The monoisotopic (exact) mass is 182 g/mol. The van der Waals surface area contributed by atoms with Crippen LogP contribution in [0.3, 0.4) is 0 Å². The fourth-order valence-electron chi connectivity index (χ4n) is 2.75. The summed E-state index contributed by atoms with van der Waals surface area (Å²) in [6.45, 7) is 8.46. The Labute approximate surface area is 81.9 Å². The molecule has 0 aromatic rings. The maximum absolute atomic E-state index is 11.3. The molecule has 0 aliphatic heterocycles. The molecule has 0 heterocycles. The van der Waals surface area contributed by atoms with Crippen LogP contribution in [0.25, 0.3) is 0 Å². The van der Waals surface area contributed by atoms with E-state index in [0.717, 1.165) is 11.8 Å². The van der Waals surface area contributed by atoms with Crippen LogP contribution in [0.4, 0.5) is 0 Å². The number of hydrogen-bond donors (Lipinski definition) is 0. The lowest BCUT2D eigenvalue weighted by Crippen LogP contribution is -2.27. The third kappa shape index (κ3) is 2.82.